The number of hydrogen-bond acceptors (Lipinski definition) is 3. The third-order valence-corrected chi connectivity index (χ3v) is 5.32. The van der Waals surface area contributed by atoms with E-state index in [1.54, 1.807) is 11.3 Å². The van der Waals surface area contributed by atoms with E-state index in [1.807, 2.05) is 0 Å². The molecule has 0 saturated carbocycles. The molecule has 0 spiro atoms. The number of nitrogens with zero attached hydrogens (tertiary/aromatic N) is 2. The summed E-state index contributed by atoms with van der Waals surface area (Å²) in [7, 11) is 0. The van der Waals surface area contributed by atoms with E-state index in [0.29, 0.717) is 22.5 Å². The van der Waals surface area contributed by atoms with Crippen molar-refractivity contribution >= 4 is 42.7 Å². The van der Waals surface area contributed by atoms with E-state index in [1.165, 1.54) is 8.84 Å². The SMILES string of the molecule is CCN(CC)c1n[c]([SnH3])cs1. The summed E-state index contributed by atoms with van der Waals surface area (Å²) in [6.45, 7) is 6.48. The minimum atomic E-state index is 0.575. The molecule has 0 fully saturated rings. The molecule has 62 valence electrons. The predicted molar refractivity (Wildman–Crippen MR) is 55.2 cm³/mol. The molecule has 0 bridgehead atoms. The predicted octanol–water partition coefficient (Wildman–Crippen LogP) is -0.0200. The quantitative estimate of drug-likeness (QED) is 0.722. The van der Waals surface area contributed by atoms with Gasteiger partial charge >= 0.3 is 84.9 Å². The van der Waals surface area contributed by atoms with Crippen molar-refractivity contribution in [1.82, 2.24) is 4.98 Å². The van der Waals surface area contributed by atoms with Gasteiger partial charge in [-0.05, 0) is 0 Å². The van der Waals surface area contributed by atoms with Crippen molar-refractivity contribution in [3.8, 4) is 0 Å². The van der Waals surface area contributed by atoms with Crippen molar-refractivity contribution in [2.75, 3.05) is 18.0 Å². The Morgan fingerprint density at radius 3 is 2.55 bits per heavy atom. The van der Waals surface area contributed by atoms with E-state index in [0.717, 1.165) is 13.1 Å². The van der Waals surface area contributed by atoms with Gasteiger partial charge in [0, 0.05) is 0 Å². The maximum atomic E-state index is 4.49. The molecule has 1 heterocycles. The normalized spacial score (nSPS) is 10.4. The van der Waals surface area contributed by atoms with Gasteiger partial charge in [-0.1, -0.05) is 0 Å². The van der Waals surface area contributed by atoms with E-state index >= 15 is 0 Å². The van der Waals surface area contributed by atoms with Gasteiger partial charge in [0.05, 0.1) is 0 Å². The zero-order chi connectivity index (χ0) is 8.27. The van der Waals surface area contributed by atoms with Gasteiger partial charge < -0.3 is 0 Å². The number of thiazole rings is 1. The summed E-state index contributed by atoms with van der Waals surface area (Å²) in [4.78, 5) is 6.79. The van der Waals surface area contributed by atoms with Crippen LogP contribution in [0.15, 0.2) is 5.38 Å². The van der Waals surface area contributed by atoms with Gasteiger partial charge in [-0.25, -0.2) is 0 Å². The van der Waals surface area contributed by atoms with Crippen LogP contribution in [-0.2, 0) is 0 Å². The van der Waals surface area contributed by atoms with Crippen molar-refractivity contribution in [3.63, 3.8) is 0 Å². The molecule has 0 aromatic carbocycles. The van der Waals surface area contributed by atoms with E-state index in [9.17, 15) is 0 Å². The second kappa shape index (κ2) is 4.30. The van der Waals surface area contributed by atoms with Gasteiger partial charge in [0.15, 0.2) is 0 Å². The Hall–Kier alpha value is 0.229. The zero-order valence-electron chi connectivity index (χ0n) is 7.29. The van der Waals surface area contributed by atoms with Crippen LogP contribution >= 0.6 is 11.3 Å². The topological polar surface area (TPSA) is 16.1 Å². The average molecular weight is 277 g/mol. The van der Waals surface area contributed by atoms with Crippen LogP contribution in [0.25, 0.3) is 0 Å². The summed E-state index contributed by atoms with van der Waals surface area (Å²) in [6.07, 6.45) is 0. The van der Waals surface area contributed by atoms with Crippen molar-refractivity contribution in [3.05, 3.63) is 5.38 Å². The summed E-state index contributed by atoms with van der Waals surface area (Å²) in [5.74, 6) is 0. The molecule has 1 aromatic heterocycles. The molecule has 4 heteroatoms. The standard InChI is InChI=1S/C7H11N2S.Sn.3H/c1-3-9(4-2)7-8-5-6-10-7;;;;/h6H,3-4H2,1-2H3;;;;. The first-order valence-corrected chi connectivity index (χ1v) is 7.68. The van der Waals surface area contributed by atoms with Gasteiger partial charge in [0.2, 0.25) is 0 Å². The molecule has 0 saturated heterocycles. The first kappa shape index (κ1) is 9.32. The third kappa shape index (κ3) is 2.33. The summed E-state index contributed by atoms with van der Waals surface area (Å²) < 4.78 is 1.33. The van der Waals surface area contributed by atoms with Crippen molar-refractivity contribution in [1.29, 1.82) is 0 Å². The van der Waals surface area contributed by atoms with Crippen LogP contribution in [0.5, 0.6) is 0 Å². The molecular weight excluding hydrogens is 263 g/mol. The molecule has 0 atom stereocenters. The fourth-order valence-corrected chi connectivity index (χ4v) is 3.99. The van der Waals surface area contributed by atoms with Gasteiger partial charge in [-0.15, -0.1) is 0 Å². The number of rotatable bonds is 3. The van der Waals surface area contributed by atoms with Crippen molar-refractivity contribution in [2.45, 2.75) is 13.8 Å². The average Bonchev–Trinajstić information content (AvgIpc) is 2.39. The van der Waals surface area contributed by atoms with Gasteiger partial charge in [-0.2, -0.15) is 0 Å². The van der Waals surface area contributed by atoms with E-state index in [2.05, 4.69) is 29.1 Å². The first-order valence-electron chi connectivity index (χ1n) is 3.95. The fourth-order valence-electron chi connectivity index (χ4n) is 0.981. The number of anilines is 1. The molecule has 0 aliphatic rings. The Kier molecular flexibility index (Phi) is 3.64. The van der Waals surface area contributed by atoms with E-state index in [-0.39, 0.29) is 0 Å². The van der Waals surface area contributed by atoms with Gasteiger partial charge in [0.1, 0.15) is 0 Å². The van der Waals surface area contributed by atoms with Crippen molar-refractivity contribution < 1.29 is 0 Å². The van der Waals surface area contributed by atoms with Crippen LogP contribution < -0.4 is 8.61 Å². The molecule has 1 rings (SSSR count). The van der Waals surface area contributed by atoms with Crippen LogP contribution in [-0.4, -0.2) is 40.6 Å². The Morgan fingerprint density at radius 1 is 1.55 bits per heavy atom. The molecule has 0 amide bonds. The van der Waals surface area contributed by atoms with E-state index in [4.69, 9.17) is 0 Å². The summed E-state index contributed by atoms with van der Waals surface area (Å²) in [6, 6.07) is 0. The van der Waals surface area contributed by atoms with E-state index < -0.39 is 0 Å². The minimum absolute atomic E-state index is 0.575. The Morgan fingerprint density at radius 2 is 2.18 bits per heavy atom. The molecule has 0 N–H and O–H groups in total. The Labute approximate surface area is 84.7 Å². The number of hydrogen-bond donors (Lipinski definition) is 0. The summed E-state index contributed by atoms with van der Waals surface area (Å²) in [5.41, 5.74) is 0. The first-order chi connectivity index (χ1) is 5.27. The van der Waals surface area contributed by atoms with Crippen LogP contribution in [0.1, 0.15) is 13.8 Å². The van der Waals surface area contributed by atoms with Gasteiger partial charge in [0.25, 0.3) is 0 Å². The van der Waals surface area contributed by atoms with Gasteiger partial charge in [-0.3, -0.25) is 0 Å². The molecule has 0 unspecified atom stereocenters. The molecular formula is C7H14N2SSn. The molecule has 2 nitrogen and oxygen atoms in total. The third-order valence-electron chi connectivity index (χ3n) is 1.64. The molecule has 0 aliphatic carbocycles. The zero-order valence-corrected chi connectivity index (χ0v) is 13.8. The second-order valence-electron chi connectivity index (χ2n) is 2.44. The van der Waals surface area contributed by atoms with Crippen LogP contribution in [0.3, 0.4) is 0 Å². The fraction of sp³-hybridized carbons (Fsp3) is 0.571. The molecule has 1 aromatic rings. The van der Waals surface area contributed by atoms with Crippen LogP contribution in [0.4, 0.5) is 5.13 Å². The molecule has 0 radical (unpaired) electrons. The maximum absolute atomic E-state index is 4.49. The van der Waals surface area contributed by atoms with Crippen LogP contribution in [0.2, 0.25) is 0 Å². The Balaban J connectivity index is 2.73. The summed E-state index contributed by atoms with van der Waals surface area (Å²) in [5, 5.41) is 3.38. The van der Waals surface area contributed by atoms with Crippen molar-refractivity contribution in [2.24, 2.45) is 0 Å². The Bertz CT molecular complexity index is 220. The summed E-state index contributed by atoms with van der Waals surface area (Å²) >= 11 is 2.35. The second-order valence-corrected chi connectivity index (χ2v) is 6.20. The van der Waals surface area contributed by atoms with Crippen LogP contribution in [0, 0.1) is 0 Å². The molecule has 11 heavy (non-hydrogen) atoms. The monoisotopic (exact) mass is 278 g/mol. The number of aromatic nitrogens is 1. The molecule has 0 aliphatic heterocycles.